The fraction of sp³-hybridized carbons (Fsp3) is 0.727. The minimum absolute atomic E-state index is 0.282. The zero-order valence-corrected chi connectivity index (χ0v) is 8.94. The van der Waals surface area contributed by atoms with Gasteiger partial charge in [-0.25, -0.2) is 0 Å². The molecule has 0 amide bonds. The smallest absolute Gasteiger partial charge is 0.310 e. The molecule has 1 heterocycles. The SMILES string of the molecule is O=C1COC(=O)[C@@H]2CCCC[C@H]2C(=O)OC1. The van der Waals surface area contributed by atoms with Gasteiger partial charge in [0.15, 0.2) is 13.2 Å². The molecule has 0 aromatic rings. The lowest BCUT2D eigenvalue weighted by Crippen LogP contribution is -2.34. The second-order valence-electron chi connectivity index (χ2n) is 4.25. The average molecular weight is 226 g/mol. The molecule has 0 aromatic carbocycles. The predicted molar refractivity (Wildman–Crippen MR) is 52.4 cm³/mol. The van der Waals surface area contributed by atoms with Crippen molar-refractivity contribution in [2.75, 3.05) is 13.2 Å². The fourth-order valence-corrected chi connectivity index (χ4v) is 2.25. The summed E-state index contributed by atoms with van der Waals surface area (Å²) in [6, 6.07) is 0. The first-order chi connectivity index (χ1) is 7.68. The number of Topliss-reactive ketones (excluding diaryl/α,β-unsaturated/α-hetero) is 1. The maximum Gasteiger partial charge on any atom is 0.310 e. The molecule has 0 radical (unpaired) electrons. The maximum atomic E-state index is 11.7. The number of fused-ring (bicyclic) bond motifs is 1. The van der Waals surface area contributed by atoms with Gasteiger partial charge in [-0.2, -0.15) is 0 Å². The Kier molecular flexibility index (Phi) is 3.22. The van der Waals surface area contributed by atoms with E-state index in [1.165, 1.54) is 0 Å². The summed E-state index contributed by atoms with van der Waals surface area (Å²) in [6.45, 7) is -0.565. The highest BCUT2D eigenvalue weighted by Crippen LogP contribution is 2.32. The summed E-state index contributed by atoms with van der Waals surface area (Å²) in [5.41, 5.74) is 0. The van der Waals surface area contributed by atoms with Gasteiger partial charge in [0, 0.05) is 0 Å². The summed E-state index contributed by atoms with van der Waals surface area (Å²) in [7, 11) is 0. The Bertz CT molecular complexity index is 292. The van der Waals surface area contributed by atoms with E-state index in [0.29, 0.717) is 12.8 Å². The first-order valence-corrected chi connectivity index (χ1v) is 5.53. The monoisotopic (exact) mass is 226 g/mol. The van der Waals surface area contributed by atoms with E-state index in [0.717, 1.165) is 12.8 Å². The quantitative estimate of drug-likeness (QED) is 0.561. The Morgan fingerprint density at radius 2 is 1.25 bits per heavy atom. The average Bonchev–Trinajstić information content (AvgIpc) is 2.36. The number of ether oxygens (including phenoxy) is 2. The molecule has 2 fully saturated rings. The normalized spacial score (nSPS) is 31.6. The van der Waals surface area contributed by atoms with Gasteiger partial charge in [-0.15, -0.1) is 0 Å². The zero-order valence-electron chi connectivity index (χ0n) is 8.94. The van der Waals surface area contributed by atoms with E-state index >= 15 is 0 Å². The zero-order chi connectivity index (χ0) is 11.5. The lowest BCUT2D eigenvalue weighted by molar-refractivity contribution is -0.159. The minimum Gasteiger partial charge on any atom is -0.457 e. The van der Waals surface area contributed by atoms with Crippen molar-refractivity contribution in [1.82, 2.24) is 0 Å². The summed E-state index contributed by atoms with van der Waals surface area (Å²) in [4.78, 5) is 34.5. The van der Waals surface area contributed by atoms with Crippen molar-refractivity contribution in [3.8, 4) is 0 Å². The molecule has 5 nitrogen and oxygen atoms in total. The van der Waals surface area contributed by atoms with E-state index in [1.54, 1.807) is 0 Å². The van der Waals surface area contributed by atoms with Crippen LogP contribution in [0.2, 0.25) is 0 Å². The minimum atomic E-state index is -0.433. The summed E-state index contributed by atoms with van der Waals surface area (Å²) in [6.07, 6.45) is 3.12. The van der Waals surface area contributed by atoms with Gasteiger partial charge >= 0.3 is 11.9 Å². The molecule has 1 aliphatic carbocycles. The molecule has 88 valence electrons. The molecule has 0 spiro atoms. The van der Waals surface area contributed by atoms with Crippen molar-refractivity contribution < 1.29 is 23.9 Å². The Morgan fingerprint density at radius 1 is 0.812 bits per heavy atom. The number of ketones is 1. The summed E-state index contributed by atoms with van der Waals surface area (Å²) in [5.74, 6) is -2.09. The van der Waals surface area contributed by atoms with Crippen LogP contribution < -0.4 is 0 Å². The van der Waals surface area contributed by atoms with Crippen molar-refractivity contribution in [3.05, 3.63) is 0 Å². The number of hydrogen-bond donors (Lipinski definition) is 0. The van der Waals surface area contributed by atoms with Crippen molar-refractivity contribution in [1.29, 1.82) is 0 Å². The van der Waals surface area contributed by atoms with Gasteiger partial charge in [0.1, 0.15) is 0 Å². The number of carbonyl (C=O) groups is 3. The third-order valence-electron chi connectivity index (χ3n) is 3.12. The highest BCUT2D eigenvalue weighted by Gasteiger charge is 2.39. The fourth-order valence-electron chi connectivity index (χ4n) is 2.25. The molecule has 1 saturated carbocycles. The summed E-state index contributed by atoms with van der Waals surface area (Å²) in [5, 5.41) is 0. The van der Waals surface area contributed by atoms with Crippen LogP contribution in [0.1, 0.15) is 25.7 Å². The molecule has 0 N–H and O–H groups in total. The Morgan fingerprint density at radius 3 is 1.69 bits per heavy atom. The van der Waals surface area contributed by atoms with Gasteiger partial charge in [-0.1, -0.05) is 12.8 Å². The predicted octanol–water partition coefficient (Wildman–Crippen LogP) is 0.462. The van der Waals surface area contributed by atoms with Crippen molar-refractivity contribution in [2.45, 2.75) is 25.7 Å². The number of esters is 2. The molecule has 0 bridgehead atoms. The first-order valence-electron chi connectivity index (χ1n) is 5.53. The third kappa shape index (κ3) is 2.23. The van der Waals surface area contributed by atoms with Gasteiger partial charge in [0.25, 0.3) is 0 Å². The lowest BCUT2D eigenvalue weighted by Gasteiger charge is -2.26. The van der Waals surface area contributed by atoms with Crippen LogP contribution in [-0.4, -0.2) is 30.9 Å². The largest absolute Gasteiger partial charge is 0.457 e. The van der Waals surface area contributed by atoms with Crippen LogP contribution in [0, 0.1) is 11.8 Å². The first kappa shape index (κ1) is 11.1. The van der Waals surface area contributed by atoms with Crippen LogP contribution in [-0.2, 0) is 23.9 Å². The van der Waals surface area contributed by atoms with Crippen LogP contribution >= 0.6 is 0 Å². The van der Waals surface area contributed by atoms with Crippen molar-refractivity contribution in [2.24, 2.45) is 11.8 Å². The van der Waals surface area contributed by atoms with Gasteiger partial charge in [0.2, 0.25) is 5.78 Å². The van der Waals surface area contributed by atoms with Crippen LogP contribution in [0.15, 0.2) is 0 Å². The molecule has 1 saturated heterocycles. The second-order valence-corrected chi connectivity index (χ2v) is 4.25. The number of hydrogen-bond acceptors (Lipinski definition) is 5. The van der Waals surface area contributed by atoms with Gasteiger partial charge in [-0.05, 0) is 12.8 Å². The van der Waals surface area contributed by atoms with E-state index in [1.807, 2.05) is 0 Å². The maximum absolute atomic E-state index is 11.7. The lowest BCUT2D eigenvalue weighted by atomic mass is 9.79. The highest BCUT2D eigenvalue weighted by atomic mass is 16.6. The Balaban J connectivity index is 2.17. The van der Waals surface area contributed by atoms with E-state index in [9.17, 15) is 14.4 Å². The van der Waals surface area contributed by atoms with Gasteiger partial charge in [0.05, 0.1) is 11.8 Å². The van der Waals surface area contributed by atoms with Gasteiger partial charge < -0.3 is 9.47 Å². The highest BCUT2D eigenvalue weighted by molar-refractivity contribution is 5.89. The van der Waals surface area contributed by atoms with Crippen molar-refractivity contribution >= 4 is 17.7 Å². The Labute approximate surface area is 93.1 Å². The van der Waals surface area contributed by atoms with Crippen molar-refractivity contribution in [3.63, 3.8) is 0 Å². The van der Waals surface area contributed by atoms with Crippen LogP contribution in [0.3, 0.4) is 0 Å². The molecule has 2 atom stereocenters. The molecule has 5 heteroatoms. The molecule has 16 heavy (non-hydrogen) atoms. The molecule has 0 aromatic heterocycles. The van der Waals surface area contributed by atoms with Gasteiger partial charge in [-0.3, -0.25) is 14.4 Å². The molecular formula is C11H14O5. The molecule has 2 aliphatic rings. The van der Waals surface area contributed by atoms with E-state index < -0.39 is 23.8 Å². The standard InChI is InChI=1S/C11H14O5/c12-7-5-15-10(13)8-3-1-2-4-9(8)11(14)16-6-7/h8-9H,1-6H2/t8-,9-/m1/s1. The topological polar surface area (TPSA) is 69.7 Å². The van der Waals surface area contributed by atoms with E-state index in [2.05, 4.69) is 0 Å². The number of carbonyl (C=O) groups excluding carboxylic acids is 3. The van der Waals surface area contributed by atoms with E-state index in [4.69, 9.17) is 9.47 Å². The summed E-state index contributed by atoms with van der Waals surface area (Å²) < 4.78 is 9.74. The molecule has 0 unspecified atom stereocenters. The second kappa shape index (κ2) is 4.63. The molecular weight excluding hydrogens is 212 g/mol. The Hall–Kier alpha value is -1.39. The molecule has 1 aliphatic heterocycles. The number of cyclic esters (lactones) is 2. The molecule has 2 rings (SSSR count). The van der Waals surface area contributed by atoms with Crippen LogP contribution in [0.5, 0.6) is 0 Å². The van der Waals surface area contributed by atoms with E-state index in [-0.39, 0.29) is 19.0 Å². The van der Waals surface area contributed by atoms with Crippen LogP contribution in [0.4, 0.5) is 0 Å². The van der Waals surface area contributed by atoms with Crippen LogP contribution in [0.25, 0.3) is 0 Å². The third-order valence-corrected chi connectivity index (χ3v) is 3.12. The summed E-state index contributed by atoms with van der Waals surface area (Å²) >= 11 is 0. The number of rotatable bonds is 0.